The van der Waals surface area contributed by atoms with Crippen LogP contribution < -0.4 is 18.9 Å². The van der Waals surface area contributed by atoms with Crippen LogP contribution in [0.25, 0.3) is 21.9 Å². The van der Waals surface area contributed by atoms with E-state index in [0.717, 1.165) is 47.8 Å². The molecular formula is C46H39F3N2O12. The number of hydrogen-bond acceptors (Lipinski definition) is 14. The van der Waals surface area contributed by atoms with Crippen LogP contribution in [0.1, 0.15) is 45.4 Å². The summed E-state index contributed by atoms with van der Waals surface area (Å²) in [6.45, 7) is 11.9. The highest BCUT2D eigenvalue weighted by molar-refractivity contribution is 5.97. The number of carbonyl (C=O) groups is 5. The summed E-state index contributed by atoms with van der Waals surface area (Å²) in [6.07, 6.45) is -0.285. The highest BCUT2D eigenvalue weighted by atomic mass is 19.4. The van der Waals surface area contributed by atoms with Gasteiger partial charge in [-0.25, -0.2) is 33.9 Å². The van der Waals surface area contributed by atoms with Crippen LogP contribution in [0.3, 0.4) is 0 Å². The van der Waals surface area contributed by atoms with E-state index in [1.807, 2.05) is 6.07 Å². The predicted octanol–water partition coefficient (Wildman–Crippen LogP) is 8.02. The van der Waals surface area contributed by atoms with Gasteiger partial charge in [0, 0.05) is 43.0 Å². The molecule has 0 radical (unpaired) electrons. The second-order valence-electron chi connectivity index (χ2n) is 13.2. The number of aromatic nitrogens is 2. The number of fused-ring (bicyclic) bond motifs is 1. The Bertz CT molecular complexity index is 2540. The molecule has 1 aromatic heterocycles. The number of alkyl halides is 3. The molecule has 0 bridgehead atoms. The Balaban J connectivity index is 1.26. The predicted molar refractivity (Wildman–Crippen MR) is 220 cm³/mol. The van der Waals surface area contributed by atoms with E-state index in [0.29, 0.717) is 34.8 Å². The van der Waals surface area contributed by atoms with Crippen molar-refractivity contribution in [3.05, 3.63) is 145 Å². The van der Waals surface area contributed by atoms with Gasteiger partial charge in [0.05, 0.1) is 30.9 Å². The lowest BCUT2D eigenvalue weighted by Crippen LogP contribution is -2.16. The number of esters is 5. The van der Waals surface area contributed by atoms with E-state index in [2.05, 4.69) is 29.7 Å². The van der Waals surface area contributed by atoms with Crippen molar-refractivity contribution in [1.29, 1.82) is 0 Å². The van der Waals surface area contributed by atoms with Crippen LogP contribution in [0.2, 0.25) is 0 Å². The van der Waals surface area contributed by atoms with Crippen molar-refractivity contribution in [1.82, 2.24) is 9.97 Å². The third-order valence-corrected chi connectivity index (χ3v) is 8.58. The van der Waals surface area contributed by atoms with E-state index in [4.69, 9.17) is 33.2 Å². The lowest BCUT2D eigenvalue weighted by atomic mass is 9.99. The molecule has 5 aromatic rings. The molecule has 5 rings (SSSR count). The van der Waals surface area contributed by atoms with Crippen LogP contribution in [-0.2, 0) is 41.2 Å². The van der Waals surface area contributed by atoms with E-state index in [1.54, 1.807) is 36.4 Å². The third kappa shape index (κ3) is 13.3. The summed E-state index contributed by atoms with van der Waals surface area (Å²) in [5.74, 6) is -4.23. The van der Waals surface area contributed by atoms with Gasteiger partial charge in [-0.1, -0.05) is 44.0 Å². The van der Waals surface area contributed by atoms with E-state index >= 15 is 0 Å². The van der Waals surface area contributed by atoms with Crippen LogP contribution in [0.5, 0.6) is 23.0 Å². The molecule has 0 saturated heterocycles. The molecule has 0 atom stereocenters. The second-order valence-corrected chi connectivity index (χ2v) is 13.2. The molecule has 326 valence electrons. The number of nitrogens with zero attached hydrogens (tertiary/aromatic N) is 2. The molecule has 0 fully saturated rings. The molecule has 4 aromatic carbocycles. The monoisotopic (exact) mass is 868 g/mol. The average Bonchev–Trinajstić information content (AvgIpc) is 3.27. The molecule has 0 amide bonds. The molecule has 0 N–H and O–H groups in total. The standard InChI is InChI=1S/C46H39F3N2O12/c1-5-41(52)59-18-7-17-57-38-14-12-32(24-39(38)58-20-21-60-42(53)6-2)30-8-9-31-23-33(11-10-29(31)22-30)44(55)62-35-13-15-37(36(25-35)46(47,48)49)63-45(56)34-26-50-40(51-27-34)16-19-61-43(54)28(3)4/h5-6,8-15,22-27H,1-3,7,16-21H2,4H3. The molecule has 0 spiro atoms. The van der Waals surface area contributed by atoms with Crippen molar-refractivity contribution in [2.45, 2.75) is 25.9 Å². The Morgan fingerprint density at radius 3 is 1.95 bits per heavy atom. The van der Waals surface area contributed by atoms with Crippen LogP contribution in [0.15, 0.2) is 123 Å². The molecule has 14 nitrogen and oxygen atoms in total. The van der Waals surface area contributed by atoms with Crippen molar-refractivity contribution in [3.63, 3.8) is 0 Å². The summed E-state index contributed by atoms with van der Waals surface area (Å²) < 4.78 is 79.6. The van der Waals surface area contributed by atoms with Crippen molar-refractivity contribution in [3.8, 4) is 34.1 Å². The lowest BCUT2D eigenvalue weighted by Gasteiger charge is -2.15. The molecule has 63 heavy (non-hydrogen) atoms. The largest absolute Gasteiger partial charge is 0.490 e. The van der Waals surface area contributed by atoms with Gasteiger partial charge in [-0.15, -0.1) is 0 Å². The van der Waals surface area contributed by atoms with E-state index in [-0.39, 0.29) is 62.0 Å². The number of hydrogen-bond donors (Lipinski definition) is 0. The number of benzene rings is 4. The molecular weight excluding hydrogens is 830 g/mol. The van der Waals surface area contributed by atoms with Crippen LogP contribution in [0.4, 0.5) is 13.2 Å². The van der Waals surface area contributed by atoms with Gasteiger partial charge in [-0.05, 0) is 77.4 Å². The maximum Gasteiger partial charge on any atom is 0.420 e. The molecule has 0 unspecified atom stereocenters. The zero-order valence-corrected chi connectivity index (χ0v) is 33.7. The average molecular weight is 869 g/mol. The second kappa shape index (κ2) is 21.6. The fourth-order valence-electron chi connectivity index (χ4n) is 5.45. The molecule has 17 heteroatoms. The SMILES string of the molecule is C=CC(=O)OCCCOc1ccc(-c2ccc3cc(C(=O)Oc4ccc(OC(=O)c5cnc(CCOC(=O)C(=C)C)nc5)c(C(F)(F)F)c4)ccc3c2)cc1OCCOC(=O)C=C. The molecule has 0 aliphatic rings. The van der Waals surface area contributed by atoms with Crippen molar-refractivity contribution in [2.75, 3.05) is 33.0 Å². The van der Waals surface area contributed by atoms with E-state index in [9.17, 15) is 37.1 Å². The number of ether oxygens (including phenoxy) is 7. The summed E-state index contributed by atoms with van der Waals surface area (Å²) in [6, 6.07) is 17.7. The van der Waals surface area contributed by atoms with Gasteiger partial charge in [-0.2, -0.15) is 13.2 Å². The minimum atomic E-state index is -5.01. The Labute approximate surface area is 358 Å². The van der Waals surface area contributed by atoms with E-state index < -0.39 is 53.1 Å². The van der Waals surface area contributed by atoms with Crippen LogP contribution in [-0.4, -0.2) is 72.8 Å². The normalized spacial score (nSPS) is 10.9. The zero-order valence-electron chi connectivity index (χ0n) is 33.7. The van der Waals surface area contributed by atoms with Crippen molar-refractivity contribution in [2.24, 2.45) is 0 Å². The van der Waals surface area contributed by atoms with Gasteiger partial charge in [0.15, 0.2) is 11.5 Å². The van der Waals surface area contributed by atoms with Gasteiger partial charge in [0.25, 0.3) is 0 Å². The smallest absolute Gasteiger partial charge is 0.420 e. The summed E-state index contributed by atoms with van der Waals surface area (Å²) in [7, 11) is 0. The molecule has 0 aliphatic carbocycles. The lowest BCUT2D eigenvalue weighted by molar-refractivity contribution is -0.139. The number of halogens is 3. The first-order valence-corrected chi connectivity index (χ1v) is 19.0. The summed E-state index contributed by atoms with van der Waals surface area (Å²) in [5.41, 5.74) is 0.117. The van der Waals surface area contributed by atoms with Gasteiger partial charge < -0.3 is 33.2 Å². The third-order valence-electron chi connectivity index (χ3n) is 8.58. The first-order chi connectivity index (χ1) is 30.1. The van der Waals surface area contributed by atoms with Crippen molar-refractivity contribution < 1.29 is 70.3 Å². The topological polar surface area (TPSA) is 176 Å². The molecule has 1 heterocycles. The number of carbonyl (C=O) groups excluding carboxylic acids is 5. The maximum absolute atomic E-state index is 14.2. The minimum Gasteiger partial charge on any atom is -0.490 e. The van der Waals surface area contributed by atoms with Gasteiger partial charge >= 0.3 is 36.0 Å². The summed E-state index contributed by atoms with van der Waals surface area (Å²) in [4.78, 5) is 68.2. The summed E-state index contributed by atoms with van der Waals surface area (Å²) in [5, 5.41) is 1.33. The maximum atomic E-state index is 14.2. The highest BCUT2D eigenvalue weighted by Crippen LogP contribution is 2.39. The fourth-order valence-corrected chi connectivity index (χ4v) is 5.45. The number of rotatable bonds is 20. The van der Waals surface area contributed by atoms with Crippen molar-refractivity contribution >= 4 is 40.6 Å². The van der Waals surface area contributed by atoms with Crippen LogP contribution in [0, 0.1) is 0 Å². The van der Waals surface area contributed by atoms with E-state index in [1.165, 1.54) is 19.1 Å². The molecule has 0 saturated carbocycles. The van der Waals surface area contributed by atoms with Gasteiger partial charge in [-0.3, -0.25) is 0 Å². The van der Waals surface area contributed by atoms with Gasteiger partial charge in [0.2, 0.25) is 0 Å². The quantitative estimate of drug-likeness (QED) is 0.0242. The fraction of sp³-hybridized carbons (Fsp3) is 0.196. The molecule has 0 aliphatic heterocycles. The summed E-state index contributed by atoms with van der Waals surface area (Å²) >= 11 is 0. The van der Waals surface area contributed by atoms with Crippen LogP contribution >= 0.6 is 0 Å². The Morgan fingerprint density at radius 2 is 1.25 bits per heavy atom. The Kier molecular flexibility index (Phi) is 15.9. The zero-order chi connectivity index (χ0) is 45.5. The first kappa shape index (κ1) is 46.2. The Morgan fingerprint density at radius 1 is 0.635 bits per heavy atom. The Hall–Kier alpha value is -7.82. The minimum absolute atomic E-state index is 0.00782. The first-order valence-electron chi connectivity index (χ1n) is 19.0. The van der Waals surface area contributed by atoms with Gasteiger partial charge in [0.1, 0.15) is 36.1 Å². The highest BCUT2D eigenvalue weighted by Gasteiger charge is 2.36.